The van der Waals surface area contributed by atoms with Crippen molar-refractivity contribution in [1.29, 1.82) is 5.26 Å². The van der Waals surface area contributed by atoms with Crippen LogP contribution in [-0.2, 0) is 9.59 Å². The third-order valence-electron chi connectivity index (χ3n) is 3.09. The van der Waals surface area contributed by atoms with Gasteiger partial charge in [-0.05, 0) is 35.9 Å². The van der Waals surface area contributed by atoms with E-state index in [1.165, 1.54) is 18.2 Å². The standard InChI is InChI=1S/C18H13Cl2N3O3/c19-14-7-11(8-15(20)17(14)26-10-16(22)24)6-12(9-21)18(25)23-13-4-2-1-3-5-13/h1-8H,10H2,(H2,22,24)(H,23,25)/b12-6+. The summed E-state index contributed by atoms with van der Waals surface area (Å²) in [5.41, 5.74) is 5.86. The van der Waals surface area contributed by atoms with Crippen LogP contribution < -0.4 is 15.8 Å². The summed E-state index contributed by atoms with van der Waals surface area (Å²) in [5, 5.41) is 12.1. The molecule has 0 radical (unpaired) electrons. The lowest BCUT2D eigenvalue weighted by molar-refractivity contribution is -0.120. The molecule has 0 saturated heterocycles. The fourth-order valence-corrected chi connectivity index (χ4v) is 2.59. The van der Waals surface area contributed by atoms with Crippen molar-refractivity contribution in [1.82, 2.24) is 0 Å². The number of nitrogens with zero attached hydrogens (tertiary/aromatic N) is 1. The molecule has 0 unspecified atom stereocenters. The quantitative estimate of drug-likeness (QED) is 0.583. The topological polar surface area (TPSA) is 105 Å². The number of amides is 2. The number of hydrogen-bond acceptors (Lipinski definition) is 4. The fraction of sp³-hybridized carbons (Fsp3) is 0.0556. The van der Waals surface area contributed by atoms with Gasteiger partial charge in [-0.1, -0.05) is 41.4 Å². The molecule has 2 aromatic carbocycles. The van der Waals surface area contributed by atoms with Gasteiger partial charge < -0.3 is 15.8 Å². The summed E-state index contributed by atoms with van der Waals surface area (Å²) in [6.45, 7) is -0.377. The maximum Gasteiger partial charge on any atom is 0.266 e. The van der Waals surface area contributed by atoms with Gasteiger partial charge in [-0.2, -0.15) is 5.26 Å². The molecule has 0 bridgehead atoms. The first-order valence-corrected chi connectivity index (χ1v) is 8.04. The van der Waals surface area contributed by atoms with E-state index in [-0.39, 0.29) is 28.0 Å². The second kappa shape index (κ2) is 8.90. The number of carbonyl (C=O) groups is 2. The van der Waals surface area contributed by atoms with Gasteiger partial charge in [-0.25, -0.2) is 0 Å². The number of anilines is 1. The molecule has 0 heterocycles. The Labute approximate surface area is 159 Å². The van der Waals surface area contributed by atoms with Gasteiger partial charge in [-0.15, -0.1) is 0 Å². The van der Waals surface area contributed by atoms with Crippen LogP contribution in [0.15, 0.2) is 48.0 Å². The molecule has 0 atom stereocenters. The lowest BCUT2D eigenvalue weighted by atomic mass is 10.1. The van der Waals surface area contributed by atoms with E-state index in [1.54, 1.807) is 24.3 Å². The van der Waals surface area contributed by atoms with Crippen LogP contribution in [0.3, 0.4) is 0 Å². The van der Waals surface area contributed by atoms with Crippen LogP contribution in [0.25, 0.3) is 6.08 Å². The van der Waals surface area contributed by atoms with Crippen molar-refractivity contribution in [3.05, 3.63) is 63.6 Å². The number of para-hydroxylation sites is 1. The van der Waals surface area contributed by atoms with Crippen molar-refractivity contribution < 1.29 is 14.3 Å². The maximum atomic E-state index is 12.2. The highest BCUT2D eigenvalue weighted by Gasteiger charge is 2.13. The number of halogens is 2. The van der Waals surface area contributed by atoms with E-state index in [9.17, 15) is 14.9 Å². The number of nitrogens with one attached hydrogen (secondary N) is 1. The van der Waals surface area contributed by atoms with Crippen molar-refractivity contribution in [3.8, 4) is 11.8 Å². The monoisotopic (exact) mass is 389 g/mol. The maximum absolute atomic E-state index is 12.2. The van der Waals surface area contributed by atoms with Gasteiger partial charge in [0.1, 0.15) is 11.6 Å². The van der Waals surface area contributed by atoms with E-state index >= 15 is 0 Å². The minimum atomic E-state index is -0.676. The average molecular weight is 390 g/mol. The van der Waals surface area contributed by atoms with Crippen LogP contribution in [0.1, 0.15) is 5.56 Å². The molecule has 132 valence electrons. The predicted octanol–water partition coefficient (Wildman–Crippen LogP) is 3.40. The number of rotatable bonds is 6. The van der Waals surface area contributed by atoms with Crippen molar-refractivity contribution in [2.75, 3.05) is 11.9 Å². The zero-order chi connectivity index (χ0) is 19.1. The molecule has 0 aliphatic carbocycles. The molecule has 8 heteroatoms. The van der Waals surface area contributed by atoms with E-state index < -0.39 is 11.8 Å². The van der Waals surface area contributed by atoms with E-state index in [2.05, 4.69) is 5.32 Å². The second-order valence-corrected chi connectivity index (χ2v) is 5.87. The average Bonchev–Trinajstić information content (AvgIpc) is 2.59. The van der Waals surface area contributed by atoms with E-state index in [1.807, 2.05) is 12.1 Å². The summed E-state index contributed by atoms with van der Waals surface area (Å²) in [4.78, 5) is 23.0. The molecular weight excluding hydrogens is 377 g/mol. The number of nitriles is 1. The fourth-order valence-electron chi connectivity index (χ4n) is 1.98. The third-order valence-corrected chi connectivity index (χ3v) is 3.65. The first-order valence-electron chi connectivity index (χ1n) is 7.29. The van der Waals surface area contributed by atoms with Gasteiger partial charge in [0.25, 0.3) is 11.8 Å². The molecule has 6 nitrogen and oxygen atoms in total. The zero-order valence-electron chi connectivity index (χ0n) is 13.3. The number of hydrogen-bond donors (Lipinski definition) is 2. The largest absolute Gasteiger partial charge is 0.481 e. The molecule has 3 N–H and O–H groups in total. The van der Waals surface area contributed by atoms with Crippen LogP contribution in [0, 0.1) is 11.3 Å². The summed E-state index contributed by atoms with van der Waals surface area (Å²) in [6, 6.07) is 13.5. The Hall–Kier alpha value is -3.01. The van der Waals surface area contributed by atoms with Crippen molar-refractivity contribution in [2.24, 2.45) is 5.73 Å². The third kappa shape index (κ3) is 5.24. The minimum Gasteiger partial charge on any atom is -0.481 e. The Morgan fingerprint density at radius 1 is 1.19 bits per heavy atom. The lowest BCUT2D eigenvalue weighted by Crippen LogP contribution is -2.20. The van der Waals surface area contributed by atoms with Crippen molar-refractivity contribution in [2.45, 2.75) is 0 Å². The molecule has 0 aromatic heterocycles. The Morgan fingerprint density at radius 3 is 2.35 bits per heavy atom. The van der Waals surface area contributed by atoms with E-state index in [4.69, 9.17) is 33.7 Å². The number of benzene rings is 2. The van der Waals surface area contributed by atoms with Crippen molar-refractivity contribution in [3.63, 3.8) is 0 Å². The Bertz CT molecular complexity index is 883. The van der Waals surface area contributed by atoms with Crippen LogP contribution in [0.4, 0.5) is 5.69 Å². The molecule has 0 saturated carbocycles. The minimum absolute atomic E-state index is 0.0940. The first kappa shape index (κ1) is 19.3. The highest BCUT2D eigenvalue weighted by atomic mass is 35.5. The van der Waals surface area contributed by atoms with Gasteiger partial charge in [0.05, 0.1) is 10.0 Å². The summed E-state index contributed by atoms with van der Waals surface area (Å²) >= 11 is 12.2. The molecule has 26 heavy (non-hydrogen) atoms. The normalized spacial score (nSPS) is 10.7. The molecule has 0 fully saturated rings. The van der Waals surface area contributed by atoms with Crippen LogP contribution in [-0.4, -0.2) is 18.4 Å². The van der Waals surface area contributed by atoms with E-state index in [0.717, 1.165) is 0 Å². The van der Waals surface area contributed by atoms with E-state index in [0.29, 0.717) is 11.3 Å². The Balaban J connectivity index is 2.24. The smallest absolute Gasteiger partial charge is 0.266 e. The second-order valence-electron chi connectivity index (χ2n) is 5.06. The van der Waals surface area contributed by atoms with Crippen LogP contribution >= 0.6 is 23.2 Å². The molecule has 2 aromatic rings. The van der Waals surface area contributed by atoms with Gasteiger partial charge >= 0.3 is 0 Å². The van der Waals surface area contributed by atoms with Gasteiger partial charge in [-0.3, -0.25) is 9.59 Å². The first-order chi connectivity index (χ1) is 12.4. The van der Waals surface area contributed by atoms with Gasteiger partial charge in [0, 0.05) is 5.69 Å². The number of nitrogens with two attached hydrogens (primary N) is 1. The summed E-state index contributed by atoms with van der Waals surface area (Å²) in [6.07, 6.45) is 1.34. The highest BCUT2D eigenvalue weighted by Crippen LogP contribution is 2.34. The molecule has 0 aliphatic heterocycles. The molecule has 2 rings (SSSR count). The molecule has 2 amide bonds. The summed E-state index contributed by atoms with van der Waals surface area (Å²) in [7, 11) is 0. The lowest BCUT2D eigenvalue weighted by Gasteiger charge is -2.09. The molecular formula is C18H13Cl2N3O3. The van der Waals surface area contributed by atoms with Crippen LogP contribution in [0.5, 0.6) is 5.75 Å². The number of carbonyl (C=O) groups excluding carboxylic acids is 2. The predicted molar refractivity (Wildman–Crippen MR) is 99.8 cm³/mol. The van der Waals surface area contributed by atoms with Crippen molar-refractivity contribution >= 4 is 46.8 Å². The molecule has 0 spiro atoms. The summed E-state index contributed by atoms with van der Waals surface area (Å²) < 4.78 is 5.14. The van der Waals surface area contributed by atoms with Gasteiger partial charge in [0.15, 0.2) is 12.4 Å². The SMILES string of the molecule is N#C/C(=C\c1cc(Cl)c(OCC(N)=O)c(Cl)c1)C(=O)Nc1ccccc1. The van der Waals surface area contributed by atoms with Crippen LogP contribution in [0.2, 0.25) is 10.0 Å². The number of ether oxygens (including phenoxy) is 1. The van der Waals surface area contributed by atoms with Gasteiger partial charge in [0.2, 0.25) is 0 Å². The summed E-state index contributed by atoms with van der Waals surface area (Å²) in [5.74, 6) is -1.15. The highest BCUT2D eigenvalue weighted by molar-refractivity contribution is 6.37. The Kier molecular flexibility index (Phi) is 6.61. The number of primary amides is 1. The Morgan fingerprint density at radius 2 is 1.81 bits per heavy atom. The zero-order valence-corrected chi connectivity index (χ0v) is 14.8. The molecule has 0 aliphatic rings.